The zero-order valence-electron chi connectivity index (χ0n) is 9.38. The second kappa shape index (κ2) is 4.20. The third-order valence-corrected chi connectivity index (χ3v) is 4.43. The van der Waals surface area contributed by atoms with Crippen LogP contribution in [0.3, 0.4) is 0 Å². The molecule has 0 saturated heterocycles. The lowest BCUT2D eigenvalue weighted by Gasteiger charge is -2.24. The number of hydrogen-bond donors (Lipinski definition) is 1. The lowest BCUT2D eigenvalue weighted by molar-refractivity contribution is 0.129. The predicted molar refractivity (Wildman–Crippen MR) is 62.2 cm³/mol. The van der Waals surface area contributed by atoms with Gasteiger partial charge in [0.25, 0.3) is 0 Å². The molecule has 84 valence electrons. The molecule has 2 N–H and O–H groups in total. The number of aromatic nitrogens is 1. The standard InChI is InChI=1S/C11H18N2OS/c1-3-11(12,7-14-2)10-13-8-5-4-6-9(8)15-10/h3-7,12H2,1-2H3. The third kappa shape index (κ3) is 1.94. The van der Waals surface area contributed by atoms with Crippen molar-refractivity contribution in [2.24, 2.45) is 5.73 Å². The van der Waals surface area contributed by atoms with E-state index in [-0.39, 0.29) is 5.54 Å². The van der Waals surface area contributed by atoms with Crippen molar-refractivity contribution < 1.29 is 4.74 Å². The highest BCUT2D eigenvalue weighted by Gasteiger charge is 2.31. The van der Waals surface area contributed by atoms with Crippen LogP contribution in [0.1, 0.15) is 35.3 Å². The molecule has 1 unspecified atom stereocenters. The average molecular weight is 226 g/mol. The summed E-state index contributed by atoms with van der Waals surface area (Å²) in [5.41, 5.74) is 7.20. The van der Waals surface area contributed by atoms with Crippen LogP contribution in [-0.4, -0.2) is 18.7 Å². The molecular formula is C11H18N2OS. The van der Waals surface area contributed by atoms with Gasteiger partial charge in [-0.25, -0.2) is 4.98 Å². The summed E-state index contributed by atoms with van der Waals surface area (Å²) in [6.45, 7) is 2.64. The summed E-state index contributed by atoms with van der Waals surface area (Å²) in [5, 5.41) is 1.05. The Morgan fingerprint density at radius 1 is 1.53 bits per heavy atom. The number of nitrogens with zero attached hydrogens (tertiary/aromatic N) is 1. The molecule has 0 aromatic carbocycles. The minimum absolute atomic E-state index is 0.385. The van der Waals surface area contributed by atoms with Crippen molar-refractivity contribution in [3.63, 3.8) is 0 Å². The predicted octanol–water partition coefficient (Wildman–Crippen LogP) is 1.84. The van der Waals surface area contributed by atoms with Crippen molar-refractivity contribution in [3.05, 3.63) is 15.6 Å². The van der Waals surface area contributed by atoms with Gasteiger partial charge in [-0.2, -0.15) is 0 Å². The van der Waals surface area contributed by atoms with Crippen molar-refractivity contribution in [3.8, 4) is 0 Å². The summed E-state index contributed by atoms with van der Waals surface area (Å²) in [4.78, 5) is 6.10. The molecule has 0 aliphatic heterocycles. The topological polar surface area (TPSA) is 48.1 Å². The van der Waals surface area contributed by atoms with Gasteiger partial charge in [0, 0.05) is 12.0 Å². The first kappa shape index (κ1) is 11.0. The zero-order chi connectivity index (χ0) is 10.9. The molecule has 15 heavy (non-hydrogen) atoms. The minimum Gasteiger partial charge on any atom is -0.382 e. The van der Waals surface area contributed by atoms with E-state index in [9.17, 15) is 0 Å². The van der Waals surface area contributed by atoms with Crippen LogP contribution in [0.4, 0.5) is 0 Å². The number of nitrogens with two attached hydrogens (primary N) is 1. The van der Waals surface area contributed by atoms with Crippen molar-refractivity contribution in [1.29, 1.82) is 0 Å². The van der Waals surface area contributed by atoms with Crippen LogP contribution in [0.5, 0.6) is 0 Å². The molecule has 3 nitrogen and oxygen atoms in total. The van der Waals surface area contributed by atoms with Gasteiger partial charge in [0.05, 0.1) is 17.8 Å². The maximum Gasteiger partial charge on any atom is 0.115 e. The molecule has 2 rings (SSSR count). The summed E-state index contributed by atoms with van der Waals surface area (Å²) >= 11 is 1.78. The lowest BCUT2D eigenvalue weighted by atomic mass is 10.00. The third-order valence-electron chi connectivity index (χ3n) is 3.05. The van der Waals surface area contributed by atoms with Crippen LogP contribution in [0.25, 0.3) is 0 Å². The van der Waals surface area contributed by atoms with E-state index < -0.39 is 0 Å². The number of hydrogen-bond acceptors (Lipinski definition) is 4. The molecule has 0 saturated carbocycles. The minimum atomic E-state index is -0.385. The summed E-state index contributed by atoms with van der Waals surface area (Å²) in [6.07, 6.45) is 4.42. The molecule has 4 heteroatoms. The number of aryl methyl sites for hydroxylation is 2. The first-order chi connectivity index (χ1) is 7.19. The van der Waals surface area contributed by atoms with Crippen molar-refractivity contribution >= 4 is 11.3 Å². The Morgan fingerprint density at radius 3 is 2.93 bits per heavy atom. The Labute approximate surface area is 94.7 Å². The van der Waals surface area contributed by atoms with E-state index in [4.69, 9.17) is 10.5 Å². The number of methoxy groups -OCH3 is 1. The number of rotatable bonds is 4. The average Bonchev–Trinajstić information content (AvgIpc) is 2.77. The smallest absolute Gasteiger partial charge is 0.115 e. The fraction of sp³-hybridized carbons (Fsp3) is 0.727. The quantitative estimate of drug-likeness (QED) is 0.852. The van der Waals surface area contributed by atoms with Gasteiger partial charge in [0.2, 0.25) is 0 Å². The molecule has 0 amide bonds. The van der Waals surface area contributed by atoms with Gasteiger partial charge >= 0.3 is 0 Å². The van der Waals surface area contributed by atoms with Crippen molar-refractivity contribution in [2.75, 3.05) is 13.7 Å². The second-order valence-electron chi connectivity index (χ2n) is 4.19. The molecule has 0 bridgehead atoms. The Balaban J connectivity index is 2.27. The van der Waals surface area contributed by atoms with Crippen LogP contribution < -0.4 is 5.73 Å². The van der Waals surface area contributed by atoms with Gasteiger partial charge in [-0.3, -0.25) is 0 Å². The van der Waals surface area contributed by atoms with Crippen LogP contribution >= 0.6 is 11.3 Å². The molecule has 0 spiro atoms. The van der Waals surface area contributed by atoms with Crippen LogP contribution in [0, 0.1) is 0 Å². The molecule has 1 heterocycles. The molecule has 1 aliphatic carbocycles. The van der Waals surface area contributed by atoms with E-state index in [1.54, 1.807) is 18.4 Å². The maximum atomic E-state index is 6.31. The highest BCUT2D eigenvalue weighted by atomic mass is 32.1. The summed E-state index contributed by atoms with van der Waals surface area (Å²) in [5.74, 6) is 0. The molecule has 1 atom stereocenters. The summed E-state index contributed by atoms with van der Waals surface area (Å²) < 4.78 is 5.19. The zero-order valence-corrected chi connectivity index (χ0v) is 10.2. The highest BCUT2D eigenvalue weighted by Crippen LogP contribution is 2.33. The highest BCUT2D eigenvalue weighted by molar-refractivity contribution is 7.12. The number of ether oxygens (including phenoxy) is 1. The van der Waals surface area contributed by atoms with E-state index >= 15 is 0 Å². The SMILES string of the molecule is CCC(N)(COC)c1nc2c(s1)CCC2. The van der Waals surface area contributed by atoms with E-state index in [0.29, 0.717) is 6.61 Å². The Hall–Kier alpha value is -0.450. The van der Waals surface area contributed by atoms with Crippen LogP contribution in [-0.2, 0) is 23.1 Å². The molecule has 1 aromatic rings. The van der Waals surface area contributed by atoms with Gasteiger partial charge in [-0.05, 0) is 25.7 Å². The van der Waals surface area contributed by atoms with Gasteiger partial charge < -0.3 is 10.5 Å². The van der Waals surface area contributed by atoms with E-state index in [0.717, 1.165) is 17.8 Å². The summed E-state index contributed by atoms with van der Waals surface area (Å²) in [6, 6.07) is 0. The summed E-state index contributed by atoms with van der Waals surface area (Å²) in [7, 11) is 1.69. The largest absolute Gasteiger partial charge is 0.382 e. The monoisotopic (exact) mass is 226 g/mol. The molecule has 0 fully saturated rings. The number of fused-ring (bicyclic) bond motifs is 1. The van der Waals surface area contributed by atoms with Crippen molar-refractivity contribution in [1.82, 2.24) is 4.98 Å². The van der Waals surface area contributed by atoms with Crippen LogP contribution in [0.15, 0.2) is 0 Å². The van der Waals surface area contributed by atoms with Gasteiger partial charge in [0.1, 0.15) is 5.01 Å². The van der Waals surface area contributed by atoms with Gasteiger partial charge in [-0.1, -0.05) is 6.92 Å². The van der Waals surface area contributed by atoms with E-state index in [1.807, 2.05) is 0 Å². The van der Waals surface area contributed by atoms with Crippen molar-refractivity contribution in [2.45, 2.75) is 38.1 Å². The first-order valence-corrected chi connectivity index (χ1v) is 6.28. The molecule has 1 aliphatic rings. The van der Waals surface area contributed by atoms with Crippen LogP contribution in [0.2, 0.25) is 0 Å². The Bertz CT molecular complexity index is 329. The number of thiazole rings is 1. The fourth-order valence-electron chi connectivity index (χ4n) is 1.98. The lowest BCUT2D eigenvalue weighted by Crippen LogP contribution is -2.40. The first-order valence-electron chi connectivity index (χ1n) is 5.46. The second-order valence-corrected chi connectivity index (χ2v) is 5.27. The van der Waals surface area contributed by atoms with Gasteiger partial charge in [0.15, 0.2) is 0 Å². The fourth-order valence-corrected chi connectivity index (χ4v) is 3.28. The molecular weight excluding hydrogens is 208 g/mol. The Morgan fingerprint density at radius 2 is 2.33 bits per heavy atom. The van der Waals surface area contributed by atoms with Gasteiger partial charge in [-0.15, -0.1) is 11.3 Å². The Kier molecular flexibility index (Phi) is 3.09. The maximum absolute atomic E-state index is 6.31. The molecule has 0 radical (unpaired) electrons. The van der Waals surface area contributed by atoms with E-state index in [1.165, 1.54) is 23.4 Å². The molecule has 1 aromatic heterocycles. The van der Waals surface area contributed by atoms with E-state index in [2.05, 4.69) is 11.9 Å². The normalized spacial score (nSPS) is 18.9.